The van der Waals surface area contributed by atoms with E-state index in [4.69, 9.17) is 0 Å². The number of carbonyl (C=O) groups is 1. The molecule has 30 heavy (non-hydrogen) atoms. The van der Waals surface area contributed by atoms with Crippen LogP contribution in [0.4, 0.5) is 14.5 Å². The first kappa shape index (κ1) is 21.6. The summed E-state index contributed by atoms with van der Waals surface area (Å²) in [6, 6.07) is 13.7. The average molecular weight is 430 g/mol. The van der Waals surface area contributed by atoms with Gasteiger partial charge in [0.1, 0.15) is 11.6 Å². The molecule has 0 aliphatic rings. The molecule has 0 atom stereocenters. The Hall–Kier alpha value is -3.10. The molecular weight excluding hydrogens is 410 g/mol. The van der Waals surface area contributed by atoms with Crippen molar-refractivity contribution < 1.29 is 22.0 Å². The van der Waals surface area contributed by atoms with Crippen LogP contribution in [0.25, 0.3) is 0 Å². The monoisotopic (exact) mass is 430 g/mol. The molecule has 1 amide bonds. The number of hydrogen-bond donors (Lipinski definition) is 2. The number of amides is 1. The van der Waals surface area contributed by atoms with E-state index >= 15 is 0 Å². The fourth-order valence-corrected chi connectivity index (χ4v) is 4.00. The molecular formula is C22H20F2N2O3S. The summed E-state index contributed by atoms with van der Waals surface area (Å²) in [6.07, 6.45) is 0. The second-order valence-electron chi connectivity index (χ2n) is 6.92. The molecule has 0 bridgehead atoms. The number of carbonyl (C=O) groups excluding carboxylic acids is 1. The maximum absolute atomic E-state index is 14.2. The Morgan fingerprint density at radius 3 is 2.17 bits per heavy atom. The number of sulfonamides is 1. The zero-order chi connectivity index (χ0) is 21.9. The molecule has 0 aromatic heterocycles. The van der Waals surface area contributed by atoms with Gasteiger partial charge >= 0.3 is 0 Å². The highest BCUT2D eigenvalue weighted by Gasteiger charge is 2.20. The summed E-state index contributed by atoms with van der Waals surface area (Å²) in [6.45, 7) is 3.65. The van der Waals surface area contributed by atoms with Crippen molar-refractivity contribution >= 4 is 21.6 Å². The number of nitrogens with one attached hydrogen (secondary N) is 2. The van der Waals surface area contributed by atoms with E-state index < -0.39 is 27.6 Å². The van der Waals surface area contributed by atoms with Crippen LogP contribution in [-0.2, 0) is 16.6 Å². The minimum atomic E-state index is -4.02. The molecule has 2 N–H and O–H groups in total. The zero-order valence-electron chi connectivity index (χ0n) is 16.4. The van der Waals surface area contributed by atoms with Gasteiger partial charge in [-0.05, 0) is 73.0 Å². The quantitative estimate of drug-likeness (QED) is 0.612. The number of halogens is 2. The molecule has 156 valence electrons. The van der Waals surface area contributed by atoms with Gasteiger partial charge in [-0.2, -0.15) is 0 Å². The first-order valence-corrected chi connectivity index (χ1v) is 10.6. The van der Waals surface area contributed by atoms with Crippen LogP contribution in [0.5, 0.6) is 0 Å². The second kappa shape index (κ2) is 8.73. The van der Waals surface area contributed by atoms with Gasteiger partial charge in [0.25, 0.3) is 5.91 Å². The van der Waals surface area contributed by atoms with E-state index in [1.807, 2.05) is 19.9 Å². The van der Waals surface area contributed by atoms with Crippen LogP contribution in [0.15, 0.2) is 65.6 Å². The zero-order valence-corrected chi connectivity index (χ0v) is 17.2. The second-order valence-corrected chi connectivity index (χ2v) is 8.69. The number of benzene rings is 3. The third-order valence-electron chi connectivity index (χ3n) is 4.35. The van der Waals surface area contributed by atoms with Crippen molar-refractivity contribution in [2.75, 3.05) is 5.32 Å². The van der Waals surface area contributed by atoms with E-state index in [1.54, 1.807) is 12.1 Å². The lowest BCUT2D eigenvalue weighted by Gasteiger charge is -2.11. The molecule has 8 heteroatoms. The number of anilines is 1. The van der Waals surface area contributed by atoms with Gasteiger partial charge in [0, 0.05) is 12.2 Å². The van der Waals surface area contributed by atoms with Crippen molar-refractivity contribution in [2.45, 2.75) is 25.3 Å². The molecule has 5 nitrogen and oxygen atoms in total. The lowest BCUT2D eigenvalue weighted by molar-refractivity contribution is 0.102. The summed E-state index contributed by atoms with van der Waals surface area (Å²) in [5, 5.41) is 2.59. The van der Waals surface area contributed by atoms with E-state index in [9.17, 15) is 22.0 Å². The molecule has 0 radical (unpaired) electrons. The van der Waals surface area contributed by atoms with Crippen LogP contribution in [0.1, 0.15) is 27.0 Å². The molecule has 0 spiro atoms. The first-order chi connectivity index (χ1) is 14.1. The van der Waals surface area contributed by atoms with Gasteiger partial charge in [-0.3, -0.25) is 4.79 Å². The third kappa shape index (κ3) is 5.28. The standard InChI is InChI=1S/C22H20F2N2O3S/c1-14-9-15(2)11-18(10-14)26-22(27)20-12-19(7-8-21(20)24)30(28,29)25-13-16-3-5-17(23)6-4-16/h3-12,25H,13H2,1-2H3,(H,26,27). The van der Waals surface area contributed by atoms with Crippen molar-refractivity contribution in [2.24, 2.45) is 0 Å². The molecule has 0 aliphatic carbocycles. The number of hydrogen-bond acceptors (Lipinski definition) is 3. The first-order valence-electron chi connectivity index (χ1n) is 9.07. The summed E-state index contributed by atoms with van der Waals surface area (Å²) in [5.41, 5.74) is 2.49. The maximum atomic E-state index is 14.2. The molecule has 0 unspecified atom stereocenters. The van der Waals surface area contributed by atoms with Crippen molar-refractivity contribution in [1.82, 2.24) is 4.72 Å². The van der Waals surface area contributed by atoms with Gasteiger partial charge in [0.2, 0.25) is 10.0 Å². The van der Waals surface area contributed by atoms with Gasteiger partial charge in [0.05, 0.1) is 10.5 Å². The maximum Gasteiger partial charge on any atom is 0.258 e. The average Bonchev–Trinajstić information content (AvgIpc) is 2.67. The Bertz CT molecular complexity index is 1170. The topological polar surface area (TPSA) is 75.3 Å². The largest absolute Gasteiger partial charge is 0.322 e. The van der Waals surface area contributed by atoms with Crippen molar-refractivity contribution in [3.63, 3.8) is 0 Å². The minimum Gasteiger partial charge on any atom is -0.322 e. The van der Waals surface area contributed by atoms with Crippen LogP contribution in [-0.4, -0.2) is 14.3 Å². The van der Waals surface area contributed by atoms with Gasteiger partial charge in [-0.15, -0.1) is 0 Å². The molecule has 0 fully saturated rings. The molecule has 3 aromatic carbocycles. The molecule has 0 saturated carbocycles. The van der Waals surface area contributed by atoms with E-state index in [0.29, 0.717) is 11.3 Å². The van der Waals surface area contributed by atoms with Crippen molar-refractivity contribution in [3.05, 3.63) is 94.6 Å². The Labute approximate surface area is 173 Å². The third-order valence-corrected chi connectivity index (χ3v) is 5.75. The van der Waals surface area contributed by atoms with Crippen molar-refractivity contribution in [1.29, 1.82) is 0 Å². The molecule has 3 aromatic rings. The Morgan fingerprint density at radius 2 is 1.53 bits per heavy atom. The SMILES string of the molecule is Cc1cc(C)cc(NC(=O)c2cc(S(=O)(=O)NCc3ccc(F)cc3)ccc2F)c1. The predicted molar refractivity (Wildman–Crippen MR) is 111 cm³/mol. The van der Waals surface area contributed by atoms with Gasteiger partial charge in [-0.25, -0.2) is 21.9 Å². The Morgan fingerprint density at radius 1 is 0.900 bits per heavy atom. The highest BCUT2D eigenvalue weighted by atomic mass is 32.2. The van der Waals surface area contributed by atoms with Gasteiger partial charge in [-0.1, -0.05) is 18.2 Å². The summed E-state index contributed by atoms with van der Waals surface area (Å²) in [4.78, 5) is 12.3. The molecule has 0 heterocycles. The number of aryl methyl sites for hydroxylation is 2. The summed E-state index contributed by atoms with van der Waals surface area (Å²) < 4.78 is 54.7. The van der Waals surface area contributed by atoms with Crippen LogP contribution in [0.3, 0.4) is 0 Å². The predicted octanol–water partition coefficient (Wildman–Crippen LogP) is 4.31. The van der Waals surface area contributed by atoms with Gasteiger partial charge in [0.15, 0.2) is 0 Å². The van der Waals surface area contributed by atoms with E-state index in [2.05, 4.69) is 10.0 Å². The normalized spacial score (nSPS) is 11.3. The molecule has 0 saturated heterocycles. The highest BCUT2D eigenvalue weighted by Crippen LogP contribution is 2.19. The number of rotatable bonds is 6. The summed E-state index contributed by atoms with van der Waals surface area (Å²) in [7, 11) is -4.02. The van der Waals surface area contributed by atoms with E-state index in [1.165, 1.54) is 24.3 Å². The summed E-state index contributed by atoms with van der Waals surface area (Å²) >= 11 is 0. The van der Waals surface area contributed by atoms with Crippen molar-refractivity contribution in [3.8, 4) is 0 Å². The van der Waals surface area contributed by atoms with Crippen LogP contribution in [0, 0.1) is 25.5 Å². The Kier molecular flexibility index (Phi) is 6.28. The van der Waals surface area contributed by atoms with Crippen LogP contribution < -0.4 is 10.0 Å². The smallest absolute Gasteiger partial charge is 0.258 e. The fraction of sp³-hybridized carbons (Fsp3) is 0.136. The van der Waals surface area contributed by atoms with Crippen LogP contribution >= 0.6 is 0 Å². The van der Waals surface area contributed by atoms with Gasteiger partial charge < -0.3 is 5.32 Å². The summed E-state index contributed by atoms with van der Waals surface area (Å²) in [5.74, 6) is -2.03. The van der Waals surface area contributed by atoms with E-state index in [-0.39, 0.29) is 17.0 Å². The van der Waals surface area contributed by atoms with E-state index in [0.717, 1.165) is 29.3 Å². The fourth-order valence-electron chi connectivity index (χ4n) is 2.95. The molecule has 3 rings (SSSR count). The Balaban J connectivity index is 1.80. The lowest BCUT2D eigenvalue weighted by atomic mass is 10.1. The lowest BCUT2D eigenvalue weighted by Crippen LogP contribution is -2.24. The highest BCUT2D eigenvalue weighted by molar-refractivity contribution is 7.89. The molecule has 0 aliphatic heterocycles. The minimum absolute atomic E-state index is 0.0793. The van der Waals surface area contributed by atoms with Crippen LogP contribution in [0.2, 0.25) is 0 Å².